The fourth-order valence-corrected chi connectivity index (χ4v) is 4.16. The van der Waals surface area contributed by atoms with Crippen LogP contribution in [0.25, 0.3) is 0 Å². The zero-order valence-corrected chi connectivity index (χ0v) is 13.6. The lowest BCUT2D eigenvalue weighted by molar-refractivity contribution is 0.0409. The third kappa shape index (κ3) is 3.20. The molecular formula is C15H20ClNO3S. The third-order valence-corrected chi connectivity index (χ3v) is 5.96. The number of hydrogen-bond acceptors (Lipinski definition) is 4. The summed E-state index contributed by atoms with van der Waals surface area (Å²) in [6.45, 7) is 2.21. The zero-order chi connectivity index (χ0) is 15.1. The van der Waals surface area contributed by atoms with Gasteiger partial charge in [-0.3, -0.25) is 0 Å². The second-order valence-corrected chi connectivity index (χ2v) is 8.70. The van der Waals surface area contributed by atoms with Gasteiger partial charge in [-0.25, -0.2) is 8.42 Å². The van der Waals surface area contributed by atoms with E-state index in [-0.39, 0.29) is 11.0 Å². The van der Waals surface area contributed by atoms with Gasteiger partial charge in [0.15, 0.2) is 9.84 Å². The van der Waals surface area contributed by atoms with Gasteiger partial charge in [-0.15, -0.1) is 0 Å². The summed E-state index contributed by atoms with van der Waals surface area (Å²) in [5.41, 5.74) is 0.466. The molecule has 0 aromatic heterocycles. The number of halogens is 1. The van der Waals surface area contributed by atoms with Gasteiger partial charge in [-0.05, 0) is 43.2 Å². The maximum Gasteiger partial charge on any atom is 0.179 e. The van der Waals surface area contributed by atoms with Crippen LogP contribution in [0, 0.1) is 5.41 Å². The van der Waals surface area contributed by atoms with E-state index in [1.807, 2.05) is 0 Å². The maximum atomic E-state index is 11.8. The number of nitrogens with one attached hydrogen (secondary N) is 1. The predicted octanol–water partition coefficient (Wildman–Crippen LogP) is 2.65. The molecule has 0 radical (unpaired) electrons. The monoisotopic (exact) mass is 329 g/mol. The highest BCUT2D eigenvalue weighted by molar-refractivity contribution is 7.90. The van der Waals surface area contributed by atoms with Gasteiger partial charge < -0.3 is 10.1 Å². The van der Waals surface area contributed by atoms with Crippen LogP contribution in [0.2, 0.25) is 5.02 Å². The van der Waals surface area contributed by atoms with Crippen molar-refractivity contribution in [3.63, 3.8) is 0 Å². The van der Waals surface area contributed by atoms with Crippen LogP contribution in [0.1, 0.15) is 25.7 Å². The van der Waals surface area contributed by atoms with Gasteiger partial charge in [-0.2, -0.15) is 0 Å². The highest BCUT2D eigenvalue weighted by Gasteiger charge is 2.40. The molecule has 3 rings (SSSR count). The average molecular weight is 330 g/mol. The Morgan fingerprint density at radius 1 is 1.29 bits per heavy atom. The van der Waals surface area contributed by atoms with Crippen LogP contribution in [0.5, 0.6) is 5.75 Å². The molecule has 1 saturated heterocycles. The van der Waals surface area contributed by atoms with Crippen molar-refractivity contribution in [1.82, 2.24) is 5.32 Å². The molecule has 2 aliphatic rings. The lowest BCUT2D eigenvalue weighted by atomic mass is 9.69. The number of benzene rings is 1. The lowest BCUT2D eigenvalue weighted by Gasteiger charge is -2.47. The van der Waals surface area contributed by atoms with Crippen LogP contribution in [0.4, 0.5) is 0 Å². The summed E-state index contributed by atoms with van der Waals surface area (Å²) in [5.74, 6) is 0.387. The van der Waals surface area contributed by atoms with Crippen molar-refractivity contribution in [3.8, 4) is 5.75 Å². The molecule has 116 valence electrons. The van der Waals surface area contributed by atoms with Crippen molar-refractivity contribution in [1.29, 1.82) is 0 Å². The second-order valence-electron chi connectivity index (χ2n) is 6.28. The molecule has 0 unspecified atom stereocenters. The van der Waals surface area contributed by atoms with Gasteiger partial charge in [0.25, 0.3) is 0 Å². The van der Waals surface area contributed by atoms with Gasteiger partial charge in [0.2, 0.25) is 0 Å². The van der Waals surface area contributed by atoms with E-state index in [1.165, 1.54) is 12.3 Å². The van der Waals surface area contributed by atoms with Crippen LogP contribution in [-0.4, -0.2) is 33.9 Å². The molecule has 1 aliphatic heterocycles. The van der Waals surface area contributed by atoms with E-state index in [0.717, 1.165) is 38.8 Å². The first kappa shape index (κ1) is 15.1. The fourth-order valence-electron chi connectivity index (χ4n) is 3.21. The Morgan fingerprint density at radius 3 is 2.48 bits per heavy atom. The summed E-state index contributed by atoms with van der Waals surface area (Å²) in [5, 5.41) is 3.83. The molecule has 1 heterocycles. The standard InChI is InChI=1S/C15H20ClNO3S/c1-21(18,19)14-3-2-11(16)8-13(14)20-12-4-6-15(7-5-12)9-17-10-15/h2-3,8,12,17H,4-7,9-10H2,1H3. The van der Waals surface area contributed by atoms with E-state index in [4.69, 9.17) is 16.3 Å². The molecule has 1 N–H and O–H groups in total. The molecular weight excluding hydrogens is 310 g/mol. The first-order valence-corrected chi connectivity index (χ1v) is 9.52. The van der Waals surface area contributed by atoms with Crippen LogP contribution in [0.3, 0.4) is 0 Å². The Hall–Kier alpha value is -0.780. The Balaban J connectivity index is 1.74. The summed E-state index contributed by atoms with van der Waals surface area (Å²) in [6.07, 6.45) is 5.49. The highest BCUT2D eigenvalue weighted by Crippen LogP contribution is 2.41. The van der Waals surface area contributed by atoms with Crippen LogP contribution in [0.15, 0.2) is 23.1 Å². The van der Waals surface area contributed by atoms with Crippen molar-refractivity contribution in [2.75, 3.05) is 19.3 Å². The smallest absolute Gasteiger partial charge is 0.179 e. The highest BCUT2D eigenvalue weighted by atomic mass is 35.5. The van der Waals surface area contributed by atoms with Crippen molar-refractivity contribution in [2.24, 2.45) is 5.41 Å². The van der Waals surface area contributed by atoms with Gasteiger partial charge in [-0.1, -0.05) is 11.6 Å². The SMILES string of the molecule is CS(=O)(=O)c1ccc(Cl)cc1OC1CCC2(CC1)CNC2. The first-order chi connectivity index (χ1) is 9.88. The molecule has 1 aromatic rings. The van der Waals surface area contributed by atoms with Crippen molar-refractivity contribution in [2.45, 2.75) is 36.7 Å². The predicted molar refractivity (Wildman–Crippen MR) is 82.7 cm³/mol. The van der Waals surface area contributed by atoms with Crippen molar-refractivity contribution >= 4 is 21.4 Å². The second kappa shape index (κ2) is 5.45. The van der Waals surface area contributed by atoms with E-state index < -0.39 is 9.84 Å². The zero-order valence-electron chi connectivity index (χ0n) is 12.1. The third-order valence-electron chi connectivity index (χ3n) is 4.59. The van der Waals surface area contributed by atoms with E-state index in [2.05, 4.69) is 5.32 Å². The van der Waals surface area contributed by atoms with Crippen LogP contribution >= 0.6 is 11.6 Å². The number of ether oxygens (including phenoxy) is 1. The molecule has 6 heteroatoms. The number of hydrogen-bond donors (Lipinski definition) is 1. The Labute approximate surface area is 130 Å². The average Bonchev–Trinajstić information content (AvgIpc) is 2.36. The van der Waals surface area contributed by atoms with Gasteiger partial charge >= 0.3 is 0 Å². The molecule has 21 heavy (non-hydrogen) atoms. The van der Waals surface area contributed by atoms with E-state index in [0.29, 0.717) is 16.2 Å². The number of rotatable bonds is 3. The molecule has 1 spiro atoms. The molecule has 0 bridgehead atoms. The van der Waals surface area contributed by atoms with E-state index >= 15 is 0 Å². The van der Waals surface area contributed by atoms with Crippen molar-refractivity contribution < 1.29 is 13.2 Å². The normalized spacial score (nSPS) is 22.0. The molecule has 1 aromatic carbocycles. The topological polar surface area (TPSA) is 55.4 Å². The van der Waals surface area contributed by atoms with Crippen LogP contribution < -0.4 is 10.1 Å². The molecule has 1 aliphatic carbocycles. The van der Waals surface area contributed by atoms with Gasteiger partial charge in [0.05, 0.1) is 6.10 Å². The Morgan fingerprint density at radius 2 is 1.95 bits per heavy atom. The van der Waals surface area contributed by atoms with Gasteiger partial charge in [0, 0.05) is 30.4 Å². The summed E-state index contributed by atoms with van der Waals surface area (Å²) in [6, 6.07) is 4.71. The lowest BCUT2D eigenvalue weighted by Crippen LogP contribution is -2.55. The molecule has 0 atom stereocenters. The summed E-state index contributed by atoms with van der Waals surface area (Å²) in [4.78, 5) is 0.220. The molecule has 0 amide bonds. The Kier molecular flexibility index (Phi) is 3.93. The summed E-state index contributed by atoms with van der Waals surface area (Å²) >= 11 is 5.98. The quantitative estimate of drug-likeness (QED) is 0.926. The first-order valence-electron chi connectivity index (χ1n) is 7.25. The summed E-state index contributed by atoms with van der Waals surface area (Å²) in [7, 11) is -3.31. The fraction of sp³-hybridized carbons (Fsp3) is 0.600. The number of sulfone groups is 1. The largest absolute Gasteiger partial charge is 0.489 e. The Bertz CT molecular complexity index is 630. The molecule has 2 fully saturated rings. The minimum absolute atomic E-state index is 0.0789. The van der Waals surface area contributed by atoms with E-state index in [9.17, 15) is 8.42 Å². The minimum atomic E-state index is -3.31. The van der Waals surface area contributed by atoms with Crippen LogP contribution in [-0.2, 0) is 9.84 Å². The van der Waals surface area contributed by atoms with E-state index in [1.54, 1.807) is 12.1 Å². The summed E-state index contributed by atoms with van der Waals surface area (Å²) < 4.78 is 29.6. The minimum Gasteiger partial charge on any atom is -0.489 e. The maximum absolute atomic E-state index is 11.8. The molecule has 1 saturated carbocycles. The molecule has 4 nitrogen and oxygen atoms in total. The van der Waals surface area contributed by atoms with Crippen molar-refractivity contribution in [3.05, 3.63) is 23.2 Å². The van der Waals surface area contributed by atoms with Gasteiger partial charge in [0.1, 0.15) is 10.6 Å².